The molecule has 0 aliphatic carbocycles. The predicted molar refractivity (Wildman–Crippen MR) is 93.2 cm³/mol. The van der Waals surface area contributed by atoms with E-state index in [-0.39, 0.29) is 0 Å². The van der Waals surface area contributed by atoms with E-state index in [4.69, 9.17) is 5.84 Å². The lowest BCUT2D eigenvalue weighted by Crippen LogP contribution is -2.36. The van der Waals surface area contributed by atoms with Crippen LogP contribution in [-0.2, 0) is 6.42 Å². The normalized spacial score (nSPS) is 12.5. The Labute approximate surface area is 131 Å². The van der Waals surface area contributed by atoms with E-state index in [9.17, 15) is 0 Å². The zero-order chi connectivity index (χ0) is 15.3. The van der Waals surface area contributed by atoms with E-state index in [1.807, 2.05) is 0 Å². The predicted octanol–water partition coefficient (Wildman–Crippen LogP) is 4.90. The highest BCUT2D eigenvalue weighted by Crippen LogP contribution is 2.13. The zero-order valence-corrected chi connectivity index (χ0v) is 14.0. The molecule has 0 saturated carbocycles. The van der Waals surface area contributed by atoms with E-state index in [0.29, 0.717) is 6.04 Å². The molecule has 2 nitrogen and oxygen atoms in total. The quantitative estimate of drug-likeness (QED) is 0.326. The van der Waals surface area contributed by atoms with Crippen LogP contribution < -0.4 is 11.3 Å². The van der Waals surface area contributed by atoms with Gasteiger partial charge in [0.1, 0.15) is 0 Å². The summed E-state index contributed by atoms with van der Waals surface area (Å²) in [6.07, 6.45) is 13.2. The molecule has 1 aromatic carbocycles. The van der Waals surface area contributed by atoms with Crippen LogP contribution >= 0.6 is 0 Å². The minimum absolute atomic E-state index is 0.409. The number of hydrogen-bond acceptors (Lipinski definition) is 2. The van der Waals surface area contributed by atoms with Crippen LogP contribution in [0.15, 0.2) is 24.3 Å². The van der Waals surface area contributed by atoms with Crippen LogP contribution in [-0.4, -0.2) is 6.04 Å². The lowest BCUT2D eigenvalue weighted by molar-refractivity contribution is 0.458. The molecule has 0 aliphatic heterocycles. The van der Waals surface area contributed by atoms with E-state index in [2.05, 4.69) is 43.5 Å². The molecule has 1 atom stereocenters. The highest BCUT2D eigenvalue weighted by Gasteiger charge is 2.07. The van der Waals surface area contributed by atoms with Gasteiger partial charge in [-0.2, -0.15) is 0 Å². The lowest BCUT2D eigenvalue weighted by atomic mass is 9.99. The minimum Gasteiger partial charge on any atom is -0.271 e. The molecule has 1 aromatic rings. The third-order valence-corrected chi connectivity index (χ3v) is 4.21. The van der Waals surface area contributed by atoms with Crippen molar-refractivity contribution in [3.63, 3.8) is 0 Å². The fourth-order valence-electron chi connectivity index (χ4n) is 2.89. The Morgan fingerprint density at radius 1 is 1.00 bits per heavy atom. The summed E-state index contributed by atoms with van der Waals surface area (Å²) < 4.78 is 0. The molecule has 0 spiro atoms. The van der Waals surface area contributed by atoms with Crippen molar-refractivity contribution in [2.45, 2.75) is 84.1 Å². The van der Waals surface area contributed by atoms with E-state index in [1.165, 1.54) is 68.9 Å². The summed E-state index contributed by atoms with van der Waals surface area (Å²) in [4.78, 5) is 0. The Hall–Kier alpha value is -0.860. The Bertz CT molecular complexity index is 362. The highest BCUT2D eigenvalue weighted by atomic mass is 15.2. The van der Waals surface area contributed by atoms with E-state index < -0.39 is 0 Å². The molecule has 3 N–H and O–H groups in total. The van der Waals surface area contributed by atoms with Crippen LogP contribution in [0.1, 0.15) is 75.8 Å². The number of aryl methyl sites for hydroxylation is 1. The summed E-state index contributed by atoms with van der Waals surface area (Å²) in [5, 5.41) is 0. The molecule has 0 aromatic heterocycles. The number of unbranched alkanes of at least 4 members (excludes halogenated alkanes) is 7. The summed E-state index contributed by atoms with van der Waals surface area (Å²) in [6, 6.07) is 9.15. The SMILES string of the molecule is CCCCCCCCCCC(Cc1cccc(C)c1)NN. The van der Waals surface area contributed by atoms with Gasteiger partial charge in [0.05, 0.1) is 0 Å². The first-order valence-corrected chi connectivity index (χ1v) is 8.78. The Morgan fingerprint density at radius 2 is 1.67 bits per heavy atom. The van der Waals surface area contributed by atoms with E-state index in [0.717, 1.165) is 6.42 Å². The molecule has 0 bridgehead atoms. The molecule has 1 unspecified atom stereocenters. The number of benzene rings is 1. The van der Waals surface area contributed by atoms with Crippen molar-refractivity contribution in [2.75, 3.05) is 0 Å². The van der Waals surface area contributed by atoms with Gasteiger partial charge in [-0.3, -0.25) is 11.3 Å². The van der Waals surface area contributed by atoms with E-state index >= 15 is 0 Å². The maximum atomic E-state index is 5.70. The van der Waals surface area contributed by atoms with Crippen molar-refractivity contribution in [1.82, 2.24) is 5.43 Å². The molecule has 0 amide bonds. The van der Waals surface area contributed by atoms with Gasteiger partial charge >= 0.3 is 0 Å². The van der Waals surface area contributed by atoms with Gasteiger partial charge in [0.25, 0.3) is 0 Å². The maximum absolute atomic E-state index is 5.70. The molecule has 0 radical (unpaired) electrons. The Balaban J connectivity index is 2.11. The topological polar surface area (TPSA) is 38.0 Å². The van der Waals surface area contributed by atoms with Gasteiger partial charge in [0.2, 0.25) is 0 Å². The fraction of sp³-hybridized carbons (Fsp3) is 0.684. The fourth-order valence-corrected chi connectivity index (χ4v) is 2.89. The summed E-state index contributed by atoms with van der Waals surface area (Å²) in [5.41, 5.74) is 5.70. The van der Waals surface area contributed by atoms with Gasteiger partial charge in [-0.05, 0) is 25.3 Å². The third-order valence-electron chi connectivity index (χ3n) is 4.21. The van der Waals surface area contributed by atoms with Gasteiger partial charge in [0.15, 0.2) is 0 Å². The second kappa shape index (κ2) is 11.8. The molecule has 0 saturated heterocycles. The first-order chi connectivity index (χ1) is 10.3. The molecule has 0 aliphatic rings. The molecule has 120 valence electrons. The summed E-state index contributed by atoms with van der Waals surface area (Å²) in [7, 11) is 0. The number of hydrazine groups is 1. The number of nitrogens with two attached hydrogens (primary N) is 1. The molecular weight excluding hydrogens is 256 g/mol. The zero-order valence-electron chi connectivity index (χ0n) is 14.0. The van der Waals surface area contributed by atoms with Crippen LogP contribution in [0.2, 0.25) is 0 Å². The molecular formula is C19H34N2. The third kappa shape index (κ3) is 8.90. The first-order valence-electron chi connectivity index (χ1n) is 8.78. The molecule has 2 heteroatoms. The van der Waals surface area contributed by atoms with Crippen LogP contribution in [0.3, 0.4) is 0 Å². The van der Waals surface area contributed by atoms with Crippen molar-refractivity contribution in [3.8, 4) is 0 Å². The van der Waals surface area contributed by atoms with Crippen LogP contribution in [0.4, 0.5) is 0 Å². The average Bonchev–Trinajstić information content (AvgIpc) is 2.48. The number of nitrogens with one attached hydrogen (secondary N) is 1. The number of hydrogen-bond donors (Lipinski definition) is 2. The molecule has 1 rings (SSSR count). The molecule has 21 heavy (non-hydrogen) atoms. The van der Waals surface area contributed by atoms with Gasteiger partial charge in [-0.1, -0.05) is 88.1 Å². The molecule has 0 heterocycles. The average molecular weight is 290 g/mol. The molecule has 0 fully saturated rings. The van der Waals surface area contributed by atoms with Crippen molar-refractivity contribution < 1.29 is 0 Å². The first kappa shape index (κ1) is 18.2. The lowest BCUT2D eigenvalue weighted by Gasteiger charge is -2.16. The second-order valence-electron chi connectivity index (χ2n) is 6.32. The van der Waals surface area contributed by atoms with Gasteiger partial charge < -0.3 is 0 Å². The van der Waals surface area contributed by atoms with Gasteiger partial charge in [-0.25, -0.2) is 0 Å². The standard InChI is InChI=1S/C19H34N2/c1-3-4-5-6-7-8-9-10-14-19(21-20)16-18-13-11-12-17(2)15-18/h11-13,15,19,21H,3-10,14,16,20H2,1-2H3. The van der Waals surface area contributed by atoms with Crippen molar-refractivity contribution >= 4 is 0 Å². The number of rotatable bonds is 12. The largest absolute Gasteiger partial charge is 0.271 e. The van der Waals surface area contributed by atoms with Gasteiger partial charge in [0, 0.05) is 6.04 Å². The Kier molecular flexibility index (Phi) is 10.2. The summed E-state index contributed by atoms with van der Waals surface area (Å²) in [5.74, 6) is 5.70. The van der Waals surface area contributed by atoms with Crippen LogP contribution in [0.5, 0.6) is 0 Å². The van der Waals surface area contributed by atoms with E-state index in [1.54, 1.807) is 0 Å². The van der Waals surface area contributed by atoms with Crippen molar-refractivity contribution in [1.29, 1.82) is 0 Å². The van der Waals surface area contributed by atoms with Crippen LogP contribution in [0.25, 0.3) is 0 Å². The van der Waals surface area contributed by atoms with Gasteiger partial charge in [-0.15, -0.1) is 0 Å². The Morgan fingerprint density at radius 3 is 2.29 bits per heavy atom. The summed E-state index contributed by atoms with van der Waals surface area (Å²) >= 11 is 0. The summed E-state index contributed by atoms with van der Waals surface area (Å²) in [6.45, 7) is 4.42. The second-order valence-corrected chi connectivity index (χ2v) is 6.32. The highest BCUT2D eigenvalue weighted by molar-refractivity contribution is 5.22. The monoisotopic (exact) mass is 290 g/mol. The van der Waals surface area contributed by atoms with Crippen molar-refractivity contribution in [2.24, 2.45) is 5.84 Å². The minimum atomic E-state index is 0.409. The smallest absolute Gasteiger partial charge is 0.0250 e. The maximum Gasteiger partial charge on any atom is 0.0250 e. The van der Waals surface area contributed by atoms with Crippen LogP contribution in [0, 0.1) is 6.92 Å². The van der Waals surface area contributed by atoms with Crippen molar-refractivity contribution in [3.05, 3.63) is 35.4 Å².